The van der Waals surface area contributed by atoms with E-state index in [0.717, 1.165) is 11.8 Å². The van der Waals surface area contributed by atoms with Gasteiger partial charge in [0.15, 0.2) is 22.5 Å². The SMILES string of the molecule is Nc1ccc(Sc2nc3c(=O)[nH]c(N)nc3n2[C@@H]2O[C@H](COP(=O)(O)O)[C@@H](O)[C@H]2O)cc1. The smallest absolute Gasteiger partial charge is 0.399 e. The monoisotopic (exact) mass is 486 g/mol. The molecule has 0 aliphatic carbocycles. The number of rotatable bonds is 6. The van der Waals surface area contributed by atoms with E-state index < -0.39 is 44.5 Å². The fraction of sp³-hybridized carbons (Fsp3) is 0.312. The first-order chi connectivity index (χ1) is 15.0. The van der Waals surface area contributed by atoms with Gasteiger partial charge in [-0.05, 0) is 24.3 Å². The number of H-pyrrole nitrogens is 1. The summed E-state index contributed by atoms with van der Waals surface area (Å²) in [6.07, 6.45) is -5.72. The third-order valence-corrected chi connectivity index (χ3v) is 6.09. The highest BCUT2D eigenvalue weighted by Crippen LogP contribution is 2.40. The van der Waals surface area contributed by atoms with Gasteiger partial charge in [0.05, 0.1) is 6.61 Å². The number of anilines is 2. The summed E-state index contributed by atoms with van der Waals surface area (Å²) in [5.41, 5.74) is 11.2. The number of phosphoric acid groups is 1. The molecule has 3 heterocycles. The van der Waals surface area contributed by atoms with Crippen molar-refractivity contribution >= 4 is 42.4 Å². The average molecular weight is 486 g/mol. The number of nitrogens with two attached hydrogens (primary N) is 2. The predicted octanol–water partition coefficient (Wildman–Crippen LogP) is -0.836. The van der Waals surface area contributed by atoms with Crippen molar-refractivity contribution in [1.29, 1.82) is 0 Å². The molecule has 16 heteroatoms. The minimum atomic E-state index is -4.84. The zero-order valence-corrected chi connectivity index (χ0v) is 17.8. The molecule has 4 atom stereocenters. The number of imidazole rings is 1. The average Bonchev–Trinajstić information content (AvgIpc) is 3.19. The van der Waals surface area contributed by atoms with Crippen LogP contribution in [0.1, 0.15) is 6.23 Å². The van der Waals surface area contributed by atoms with Crippen molar-refractivity contribution in [2.45, 2.75) is 34.6 Å². The van der Waals surface area contributed by atoms with Crippen LogP contribution in [0.25, 0.3) is 11.2 Å². The van der Waals surface area contributed by atoms with E-state index in [1.165, 1.54) is 4.57 Å². The highest BCUT2D eigenvalue weighted by molar-refractivity contribution is 7.99. The van der Waals surface area contributed by atoms with Crippen LogP contribution >= 0.6 is 19.6 Å². The normalized spacial score (nSPS) is 23.8. The molecular formula is C16H19N6O8PS. The summed E-state index contributed by atoms with van der Waals surface area (Å²) < 4.78 is 22.3. The highest BCUT2D eigenvalue weighted by atomic mass is 32.2. The van der Waals surface area contributed by atoms with Gasteiger partial charge in [0.25, 0.3) is 5.56 Å². The van der Waals surface area contributed by atoms with Crippen LogP contribution in [-0.4, -0.2) is 64.4 Å². The van der Waals surface area contributed by atoms with Crippen LogP contribution in [0, 0.1) is 0 Å². The van der Waals surface area contributed by atoms with E-state index in [9.17, 15) is 19.6 Å². The predicted molar refractivity (Wildman–Crippen MR) is 111 cm³/mol. The lowest BCUT2D eigenvalue weighted by Gasteiger charge is -2.19. The number of benzene rings is 1. The van der Waals surface area contributed by atoms with Crippen molar-refractivity contribution in [3.8, 4) is 0 Å². The lowest BCUT2D eigenvalue weighted by atomic mass is 10.1. The molecule has 0 spiro atoms. The highest BCUT2D eigenvalue weighted by Gasteiger charge is 2.46. The lowest BCUT2D eigenvalue weighted by molar-refractivity contribution is -0.0541. The number of aliphatic hydroxyl groups is 2. The van der Waals surface area contributed by atoms with E-state index in [2.05, 4.69) is 19.5 Å². The Labute approximate surface area is 183 Å². The number of nitrogen functional groups attached to an aromatic ring is 2. The van der Waals surface area contributed by atoms with Crippen molar-refractivity contribution in [3.05, 3.63) is 34.6 Å². The number of ether oxygens (including phenoxy) is 1. The van der Waals surface area contributed by atoms with Crippen LogP contribution in [0.2, 0.25) is 0 Å². The summed E-state index contributed by atoms with van der Waals surface area (Å²) in [5, 5.41) is 21.1. The molecule has 2 aromatic heterocycles. The molecule has 1 aliphatic heterocycles. The second-order valence-corrected chi connectivity index (χ2v) is 9.17. The van der Waals surface area contributed by atoms with Gasteiger partial charge < -0.3 is 36.2 Å². The van der Waals surface area contributed by atoms with Crippen LogP contribution in [0.5, 0.6) is 0 Å². The number of nitrogens with one attached hydrogen (secondary N) is 1. The summed E-state index contributed by atoms with van der Waals surface area (Å²) in [6.45, 7) is -0.692. The fourth-order valence-electron chi connectivity index (χ4n) is 3.17. The second-order valence-electron chi connectivity index (χ2n) is 6.89. The van der Waals surface area contributed by atoms with Gasteiger partial charge in [-0.15, -0.1) is 0 Å². The van der Waals surface area contributed by atoms with Crippen molar-refractivity contribution in [1.82, 2.24) is 19.5 Å². The minimum absolute atomic E-state index is 0.0167. The summed E-state index contributed by atoms with van der Waals surface area (Å²) >= 11 is 1.11. The van der Waals surface area contributed by atoms with Gasteiger partial charge in [0.2, 0.25) is 5.95 Å². The van der Waals surface area contributed by atoms with Crippen LogP contribution < -0.4 is 17.0 Å². The molecule has 0 bridgehead atoms. The van der Waals surface area contributed by atoms with Crippen LogP contribution in [0.4, 0.5) is 11.6 Å². The van der Waals surface area contributed by atoms with E-state index in [1.807, 2.05) is 0 Å². The molecule has 1 aromatic carbocycles. The van der Waals surface area contributed by atoms with E-state index in [0.29, 0.717) is 10.6 Å². The van der Waals surface area contributed by atoms with Gasteiger partial charge in [-0.2, -0.15) is 4.98 Å². The van der Waals surface area contributed by atoms with Crippen LogP contribution in [0.15, 0.2) is 39.1 Å². The van der Waals surface area contributed by atoms with Crippen molar-refractivity contribution in [2.24, 2.45) is 0 Å². The number of aromatic amines is 1. The van der Waals surface area contributed by atoms with Gasteiger partial charge in [-0.1, -0.05) is 11.8 Å². The van der Waals surface area contributed by atoms with Gasteiger partial charge in [0, 0.05) is 10.6 Å². The third kappa shape index (κ3) is 4.51. The number of aliphatic hydroxyl groups excluding tert-OH is 2. The standard InChI is InChI=1S/C16H19N6O8PS/c17-6-1-3-7(4-2-6)32-16-19-9-12(20-15(18)21-13(9)25)22(16)14-11(24)10(23)8(30-14)5-29-31(26,27)28/h1-4,8,10-11,14,23-24H,5,17H2,(H2,26,27,28)(H3,18,20,21,25)/t8-,10-,11-,14-/m1/s1. The van der Waals surface area contributed by atoms with Gasteiger partial charge in [-0.3, -0.25) is 18.9 Å². The Morgan fingerprint density at radius 2 is 1.88 bits per heavy atom. The van der Waals surface area contributed by atoms with E-state index in [4.69, 9.17) is 26.0 Å². The molecule has 1 aliphatic rings. The maximum absolute atomic E-state index is 12.4. The minimum Gasteiger partial charge on any atom is -0.399 e. The molecule has 1 saturated heterocycles. The molecule has 32 heavy (non-hydrogen) atoms. The molecule has 14 nitrogen and oxygen atoms in total. The zero-order valence-electron chi connectivity index (χ0n) is 16.1. The molecular weight excluding hydrogens is 467 g/mol. The molecule has 0 radical (unpaired) electrons. The fourth-order valence-corrected chi connectivity index (χ4v) is 4.42. The molecule has 0 unspecified atom stereocenters. The second kappa shape index (κ2) is 8.46. The Balaban J connectivity index is 1.77. The summed E-state index contributed by atoms with van der Waals surface area (Å²) in [7, 11) is -4.84. The first kappa shape index (κ1) is 22.7. The number of hydrogen-bond donors (Lipinski definition) is 7. The van der Waals surface area contributed by atoms with Crippen molar-refractivity contribution in [2.75, 3.05) is 18.1 Å². The van der Waals surface area contributed by atoms with Gasteiger partial charge in [-0.25, -0.2) is 9.55 Å². The quantitative estimate of drug-likeness (QED) is 0.167. The molecule has 9 N–H and O–H groups in total. The summed E-state index contributed by atoms with van der Waals surface area (Å²) in [6, 6.07) is 6.76. The Morgan fingerprint density at radius 1 is 1.19 bits per heavy atom. The molecule has 0 amide bonds. The van der Waals surface area contributed by atoms with Crippen molar-refractivity contribution in [3.63, 3.8) is 0 Å². The van der Waals surface area contributed by atoms with Crippen LogP contribution in [-0.2, 0) is 13.8 Å². The number of phosphoric ester groups is 1. The molecule has 1 fully saturated rings. The summed E-state index contributed by atoms with van der Waals surface area (Å²) in [5.74, 6) is -0.206. The van der Waals surface area contributed by atoms with Crippen LogP contribution in [0.3, 0.4) is 0 Å². The molecule has 172 valence electrons. The summed E-state index contributed by atoms with van der Waals surface area (Å²) in [4.78, 5) is 41.6. The van der Waals surface area contributed by atoms with E-state index in [-0.39, 0.29) is 22.3 Å². The lowest BCUT2D eigenvalue weighted by Crippen LogP contribution is -2.33. The largest absolute Gasteiger partial charge is 0.469 e. The Kier molecular flexibility index (Phi) is 6.00. The van der Waals surface area contributed by atoms with Gasteiger partial charge >= 0.3 is 7.82 Å². The first-order valence-electron chi connectivity index (χ1n) is 9.06. The van der Waals surface area contributed by atoms with E-state index >= 15 is 0 Å². The molecule has 0 saturated carbocycles. The molecule has 3 aromatic rings. The Hall–Kier alpha value is -2.49. The zero-order chi connectivity index (χ0) is 23.2. The van der Waals surface area contributed by atoms with Crippen molar-refractivity contribution < 1.29 is 33.8 Å². The Bertz CT molecular complexity index is 1240. The van der Waals surface area contributed by atoms with E-state index in [1.54, 1.807) is 24.3 Å². The van der Waals surface area contributed by atoms with Gasteiger partial charge in [0.1, 0.15) is 18.3 Å². The Morgan fingerprint density at radius 3 is 2.53 bits per heavy atom. The number of fused-ring (bicyclic) bond motifs is 1. The number of nitrogens with zero attached hydrogens (tertiary/aromatic N) is 3. The number of hydrogen-bond acceptors (Lipinski definition) is 11. The first-order valence-corrected chi connectivity index (χ1v) is 11.4. The maximum Gasteiger partial charge on any atom is 0.469 e. The maximum atomic E-state index is 12.4. The molecule has 4 rings (SSSR count). The topological polar surface area (TPSA) is 232 Å². The third-order valence-electron chi connectivity index (χ3n) is 4.62. The number of aromatic nitrogens is 4.